The van der Waals surface area contributed by atoms with E-state index in [1.807, 2.05) is 11.0 Å². The van der Waals surface area contributed by atoms with E-state index in [0.717, 1.165) is 45.8 Å². The highest BCUT2D eigenvalue weighted by Crippen LogP contribution is 2.03. The van der Waals surface area contributed by atoms with Crippen LogP contribution in [0.4, 0.5) is 4.79 Å². The van der Waals surface area contributed by atoms with Gasteiger partial charge in [0.1, 0.15) is 0 Å². The van der Waals surface area contributed by atoms with E-state index in [4.69, 9.17) is 0 Å². The quantitative estimate of drug-likeness (QED) is 0.865. The standard InChI is InChI=1S/C17H28N4O/c1-3-20-11-13-21(14-12-20)17(22)18-9-10-19(2)15-16-7-5-4-6-8-16/h4-8H,3,9-15H2,1-2H3,(H,18,22). The molecule has 0 spiro atoms. The van der Waals surface area contributed by atoms with Gasteiger partial charge in [-0.25, -0.2) is 4.79 Å². The van der Waals surface area contributed by atoms with Gasteiger partial charge in [-0.2, -0.15) is 0 Å². The lowest BCUT2D eigenvalue weighted by Crippen LogP contribution is -2.52. The Balaban J connectivity index is 1.62. The van der Waals surface area contributed by atoms with Crippen LogP contribution >= 0.6 is 0 Å². The largest absolute Gasteiger partial charge is 0.337 e. The number of piperazine rings is 1. The predicted octanol–water partition coefficient (Wildman–Crippen LogP) is 1.47. The zero-order valence-corrected chi connectivity index (χ0v) is 13.8. The molecule has 1 aliphatic heterocycles. The van der Waals surface area contributed by atoms with E-state index in [1.54, 1.807) is 0 Å². The smallest absolute Gasteiger partial charge is 0.317 e. The number of rotatable bonds is 6. The zero-order valence-electron chi connectivity index (χ0n) is 13.8. The topological polar surface area (TPSA) is 38.8 Å². The van der Waals surface area contributed by atoms with Crippen molar-refractivity contribution < 1.29 is 4.79 Å². The van der Waals surface area contributed by atoms with Crippen LogP contribution in [-0.4, -0.2) is 73.6 Å². The number of hydrogen-bond donors (Lipinski definition) is 1. The Morgan fingerprint density at radius 3 is 2.50 bits per heavy atom. The summed E-state index contributed by atoms with van der Waals surface area (Å²) in [5.74, 6) is 0. The average Bonchev–Trinajstić information content (AvgIpc) is 2.55. The molecule has 0 saturated carbocycles. The molecule has 2 amide bonds. The highest BCUT2D eigenvalue weighted by Gasteiger charge is 2.19. The fourth-order valence-corrected chi connectivity index (χ4v) is 2.71. The third-order valence-corrected chi connectivity index (χ3v) is 4.17. The van der Waals surface area contributed by atoms with Crippen molar-refractivity contribution in [1.29, 1.82) is 0 Å². The fraction of sp³-hybridized carbons (Fsp3) is 0.588. The summed E-state index contributed by atoms with van der Waals surface area (Å²) in [7, 11) is 2.08. The van der Waals surface area contributed by atoms with E-state index >= 15 is 0 Å². The molecule has 2 rings (SSSR count). The minimum absolute atomic E-state index is 0.0730. The minimum atomic E-state index is 0.0730. The van der Waals surface area contributed by atoms with E-state index in [2.05, 4.69) is 53.4 Å². The normalized spacial score (nSPS) is 16.0. The van der Waals surface area contributed by atoms with E-state index in [9.17, 15) is 4.79 Å². The maximum absolute atomic E-state index is 12.1. The van der Waals surface area contributed by atoms with Crippen molar-refractivity contribution in [3.63, 3.8) is 0 Å². The Morgan fingerprint density at radius 1 is 1.18 bits per heavy atom. The molecule has 1 N–H and O–H groups in total. The number of nitrogens with zero attached hydrogens (tertiary/aromatic N) is 3. The molecule has 0 radical (unpaired) electrons. The second kappa shape index (κ2) is 8.76. The van der Waals surface area contributed by atoms with Gasteiger partial charge in [0, 0.05) is 45.8 Å². The lowest BCUT2D eigenvalue weighted by atomic mass is 10.2. The molecule has 1 aromatic carbocycles. The van der Waals surface area contributed by atoms with E-state index in [0.29, 0.717) is 6.54 Å². The molecule has 1 aliphatic rings. The third kappa shape index (κ3) is 5.31. The minimum Gasteiger partial charge on any atom is -0.337 e. The van der Waals surface area contributed by atoms with Crippen LogP contribution in [-0.2, 0) is 6.54 Å². The van der Waals surface area contributed by atoms with E-state index < -0.39 is 0 Å². The highest BCUT2D eigenvalue weighted by molar-refractivity contribution is 5.74. The van der Waals surface area contributed by atoms with Crippen LogP contribution in [0.3, 0.4) is 0 Å². The van der Waals surface area contributed by atoms with Crippen molar-refractivity contribution in [2.75, 3.05) is 52.9 Å². The Bertz CT molecular complexity index is 443. The van der Waals surface area contributed by atoms with Crippen molar-refractivity contribution in [1.82, 2.24) is 20.0 Å². The monoisotopic (exact) mass is 304 g/mol. The molecule has 0 unspecified atom stereocenters. The first kappa shape index (κ1) is 16.8. The second-order valence-corrected chi connectivity index (χ2v) is 5.88. The first-order valence-electron chi connectivity index (χ1n) is 8.16. The maximum Gasteiger partial charge on any atom is 0.317 e. The third-order valence-electron chi connectivity index (χ3n) is 4.17. The van der Waals surface area contributed by atoms with Gasteiger partial charge >= 0.3 is 6.03 Å². The summed E-state index contributed by atoms with van der Waals surface area (Å²) in [5, 5.41) is 3.03. The number of carbonyl (C=O) groups is 1. The summed E-state index contributed by atoms with van der Waals surface area (Å²) in [6.45, 7) is 9.32. The van der Waals surface area contributed by atoms with E-state index in [1.165, 1.54) is 5.56 Å². The number of amides is 2. The van der Waals surface area contributed by atoms with Crippen LogP contribution in [0.5, 0.6) is 0 Å². The number of nitrogens with one attached hydrogen (secondary N) is 1. The lowest BCUT2D eigenvalue weighted by Gasteiger charge is -2.34. The van der Waals surface area contributed by atoms with Crippen LogP contribution in [0, 0.1) is 0 Å². The van der Waals surface area contributed by atoms with Crippen LogP contribution in [0.2, 0.25) is 0 Å². The molecule has 122 valence electrons. The number of likely N-dealkylation sites (N-methyl/N-ethyl adjacent to an activating group) is 2. The van der Waals surface area contributed by atoms with Gasteiger partial charge in [-0.3, -0.25) is 0 Å². The number of benzene rings is 1. The number of urea groups is 1. The van der Waals surface area contributed by atoms with Gasteiger partial charge < -0.3 is 20.0 Å². The lowest BCUT2D eigenvalue weighted by molar-refractivity contribution is 0.142. The summed E-state index contributed by atoms with van der Waals surface area (Å²) >= 11 is 0. The van der Waals surface area contributed by atoms with Gasteiger partial charge in [0.05, 0.1) is 0 Å². The van der Waals surface area contributed by atoms with Gasteiger partial charge in [-0.05, 0) is 19.2 Å². The summed E-state index contributed by atoms with van der Waals surface area (Å²) in [4.78, 5) is 18.6. The molecule has 5 heteroatoms. The van der Waals surface area contributed by atoms with Crippen molar-refractivity contribution in [2.45, 2.75) is 13.5 Å². The van der Waals surface area contributed by atoms with Crippen LogP contribution < -0.4 is 5.32 Å². The average molecular weight is 304 g/mol. The highest BCUT2D eigenvalue weighted by atomic mass is 16.2. The molecule has 5 nitrogen and oxygen atoms in total. The predicted molar refractivity (Wildman–Crippen MR) is 89.9 cm³/mol. The molecule has 1 saturated heterocycles. The number of carbonyl (C=O) groups excluding carboxylic acids is 1. The molecular formula is C17H28N4O. The molecule has 22 heavy (non-hydrogen) atoms. The molecular weight excluding hydrogens is 276 g/mol. The SMILES string of the molecule is CCN1CCN(C(=O)NCCN(C)Cc2ccccc2)CC1. The molecule has 1 heterocycles. The summed E-state index contributed by atoms with van der Waals surface area (Å²) in [6.07, 6.45) is 0. The molecule has 0 atom stereocenters. The molecule has 0 bridgehead atoms. The van der Waals surface area contributed by atoms with Crippen molar-refractivity contribution in [3.05, 3.63) is 35.9 Å². The number of hydrogen-bond acceptors (Lipinski definition) is 3. The fourth-order valence-electron chi connectivity index (χ4n) is 2.71. The van der Waals surface area contributed by atoms with E-state index in [-0.39, 0.29) is 6.03 Å². The summed E-state index contributed by atoms with van der Waals surface area (Å²) in [6, 6.07) is 10.5. The van der Waals surface area contributed by atoms with Crippen molar-refractivity contribution >= 4 is 6.03 Å². The van der Waals surface area contributed by atoms with Gasteiger partial charge in [0.25, 0.3) is 0 Å². The van der Waals surface area contributed by atoms with Gasteiger partial charge in [0.15, 0.2) is 0 Å². The first-order chi connectivity index (χ1) is 10.7. The van der Waals surface area contributed by atoms with Gasteiger partial charge in [-0.15, -0.1) is 0 Å². The second-order valence-electron chi connectivity index (χ2n) is 5.88. The van der Waals surface area contributed by atoms with Crippen LogP contribution in [0.15, 0.2) is 30.3 Å². The van der Waals surface area contributed by atoms with Crippen LogP contribution in [0.25, 0.3) is 0 Å². The van der Waals surface area contributed by atoms with Crippen molar-refractivity contribution in [2.24, 2.45) is 0 Å². The van der Waals surface area contributed by atoms with Gasteiger partial charge in [0.2, 0.25) is 0 Å². The Hall–Kier alpha value is -1.59. The molecule has 1 fully saturated rings. The first-order valence-corrected chi connectivity index (χ1v) is 8.16. The summed E-state index contributed by atoms with van der Waals surface area (Å²) in [5.41, 5.74) is 1.30. The Morgan fingerprint density at radius 2 is 1.86 bits per heavy atom. The molecule has 0 aliphatic carbocycles. The van der Waals surface area contributed by atoms with Gasteiger partial charge in [-0.1, -0.05) is 37.3 Å². The molecule has 0 aromatic heterocycles. The van der Waals surface area contributed by atoms with Crippen LogP contribution in [0.1, 0.15) is 12.5 Å². The van der Waals surface area contributed by atoms with Crippen molar-refractivity contribution in [3.8, 4) is 0 Å². The summed E-state index contributed by atoms with van der Waals surface area (Å²) < 4.78 is 0. The molecule has 1 aromatic rings. The Kier molecular flexibility index (Phi) is 6.68. The Labute approximate surface area is 133 Å². The maximum atomic E-state index is 12.1. The zero-order chi connectivity index (χ0) is 15.8.